The summed E-state index contributed by atoms with van der Waals surface area (Å²) in [6.07, 6.45) is 25.2. The second-order valence-corrected chi connectivity index (χ2v) is 17.2. The van der Waals surface area contributed by atoms with Gasteiger partial charge in [0.2, 0.25) is 0 Å². The van der Waals surface area contributed by atoms with E-state index in [-0.39, 0.29) is 85.5 Å². The Balaban J connectivity index is -0.000000237. The average molecular weight is 887 g/mol. The summed E-state index contributed by atoms with van der Waals surface area (Å²) in [5.74, 6) is -4.08. The van der Waals surface area contributed by atoms with E-state index in [2.05, 4.69) is 27.7 Å². The van der Waals surface area contributed by atoms with Crippen LogP contribution in [0.25, 0.3) is 0 Å². The quantitative estimate of drug-likeness (QED) is 0.0499. The predicted octanol–water partition coefficient (Wildman–Crippen LogP) is 0.112. The third kappa shape index (κ3) is 52.6. The van der Waals surface area contributed by atoms with Crippen LogP contribution in [0.4, 0.5) is 0 Å². The zero-order valence-electron chi connectivity index (χ0n) is 35.5. The van der Waals surface area contributed by atoms with Gasteiger partial charge in [-0.3, -0.25) is 4.55 Å². The van der Waals surface area contributed by atoms with Gasteiger partial charge in [0.05, 0.1) is 32.4 Å². The summed E-state index contributed by atoms with van der Waals surface area (Å²) in [7, 11) is -12.5. The number of carboxylic acid groups (broad SMARTS) is 2. The SMILES string of the molecule is CCCCCCCCOS(=O)(=O)OCCCCCCCC.CCCCCCCCOS(=O)(=O)OCCCCCCCC.O=C([O-])CC(C(=O)[O-])S(=O)(=O)O.[Na+].[Na+]. The number of hydrogen-bond acceptors (Lipinski definition) is 14. The molecule has 0 spiro atoms. The Bertz CT molecular complexity index is 1090. The number of unbranched alkanes of at least 4 members (excludes halogenated alkanes) is 20. The molecule has 0 heterocycles. The van der Waals surface area contributed by atoms with E-state index < -0.39 is 54.5 Å². The molecule has 0 aliphatic heterocycles. The predicted molar refractivity (Wildman–Crippen MR) is 205 cm³/mol. The summed E-state index contributed by atoms with van der Waals surface area (Å²) in [6, 6.07) is 0. The molecule has 0 aliphatic rings. The molecule has 0 fully saturated rings. The summed E-state index contributed by atoms with van der Waals surface area (Å²) in [6.45, 7) is 9.67. The summed E-state index contributed by atoms with van der Waals surface area (Å²) in [5.41, 5.74) is 0. The van der Waals surface area contributed by atoms with Crippen molar-refractivity contribution >= 4 is 42.9 Å². The van der Waals surface area contributed by atoms with Crippen LogP contribution in [0, 0.1) is 0 Å². The Morgan fingerprint density at radius 2 is 0.661 bits per heavy atom. The molecule has 1 atom stereocenters. The second kappa shape index (κ2) is 45.1. The van der Waals surface area contributed by atoms with Crippen molar-refractivity contribution in [3.63, 3.8) is 0 Å². The van der Waals surface area contributed by atoms with Crippen molar-refractivity contribution in [2.24, 2.45) is 0 Å². The van der Waals surface area contributed by atoms with Crippen LogP contribution in [0.3, 0.4) is 0 Å². The van der Waals surface area contributed by atoms with Gasteiger partial charge in [0.25, 0.3) is 10.1 Å². The maximum absolute atomic E-state index is 11.5. The average Bonchev–Trinajstić information content (AvgIpc) is 3.09. The largest absolute Gasteiger partial charge is 1.00 e. The molecule has 1 N–H and O–H groups in total. The van der Waals surface area contributed by atoms with E-state index in [4.69, 9.17) is 21.3 Å². The molecule has 0 amide bonds. The van der Waals surface area contributed by atoms with Gasteiger partial charge in [-0.15, -0.1) is 0 Å². The standard InChI is InChI=1S/2C16H34O4S.C4H6O7S.2Na/c2*1-3-5-7-9-11-13-15-19-21(17,18)20-16-14-12-10-8-6-4-2;5-3(6)1-2(4(7)8)12(9,10)11;;/h2*3-16H2,1-2H3;2H,1H2,(H,5,6)(H,7,8)(H,9,10,11);;/q;;;2*+1/p-2. The van der Waals surface area contributed by atoms with Crippen molar-refractivity contribution in [3.05, 3.63) is 0 Å². The normalized spacial score (nSPS) is 11.9. The first-order chi connectivity index (χ1) is 25.5. The molecule has 20 heteroatoms. The van der Waals surface area contributed by atoms with Crippen molar-refractivity contribution in [1.29, 1.82) is 0 Å². The summed E-state index contributed by atoms with van der Waals surface area (Å²) in [5, 5.41) is 17.3. The van der Waals surface area contributed by atoms with Crippen LogP contribution < -0.4 is 69.3 Å². The molecule has 326 valence electrons. The monoisotopic (exact) mass is 886 g/mol. The Morgan fingerprint density at radius 3 is 0.821 bits per heavy atom. The van der Waals surface area contributed by atoms with Gasteiger partial charge in [-0.25, -0.2) is 16.7 Å². The first-order valence-corrected chi connectivity index (χ1v) is 24.1. The molecule has 15 nitrogen and oxygen atoms in total. The van der Waals surface area contributed by atoms with Crippen LogP contribution in [-0.2, 0) is 57.2 Å². The number of rotatable bonds is 36. The van der Waals surface area contributed by atoms with Gasteiger partial charge in [0.1, 0.15) is 5.25 Å². The number of hydrogen-bond donors (Lipinski definition) is 1. The van der Waals surface area contributed by atoms with E-state index in [1.165, 1.54) is 77.0 Å². The first kappa shape index (κ1) is 65.7. The van der Waals surface area contributed by atoms with Crippen LogP contribution in [-0.4, -0.2) is 73.4 Å². The number of carboxylic acids is 2. The molecule has 1 unspecified atom stereocenters. The van der Waals surface area contributed by atoms with Gasteiger partial charge >= 0.3 is 79.9 Å². The van der Waals surface area contributed by atoms with E-state index in [1.54, 1.807) is 0 Å². The molecule has 0 saturated heterocycles. The number of carbonyl (C=O) groups excluding carboxylic acids is 2. The molecule has 0 aromatic rings. The summed E-state index contributed by atoms with van der Waals surface area (Å²) in [4.78, 5) is 19.7. The van der Waals surface area contributed by atoms with Crippen LogP contribution in [0.2, 0.25) is 0 Å². The third-order valence-electron chi connectivity index (χ3n) is 7.88. The van der Waals surface area contributed by atoms with Crippen molar-refractivity contribution in [1.82, 2.24) is 0 Å². The van der Waals surface area contributed by atoms with Crippen LogP contribution in [0.1, 0.15) is 188 Å². The van der Waals surface area contributed by atoms with E-state index in [1.807, 2.05) is 0 Å². The molecule has 0 aliphatic carbocycles. The molecule has 0 saturated carbocycles. The minimum atomic E-state index is -4.94. The van der Waals surface area contributed by atoms with Gasteiger partial charge in [0, 0.05) is 12.4 Å². The maximum atomic E-state index is 11.5. The Hall–Kier alpha value is 0.590. The van der Waals surface area contributed by atoms with Crippen molar-refractivity contribution in [3.8, 4) is 0 Å². The van der Waals surface area contributed by atoms with Gasteiger partial charge in [-0.1, -0.05) is 156 Å². The van der Waals surface area contributed by atoms with E-state index >= 15 is 0 Å². The Morgan fingerprint density at radius 1 is 0.446 bits per heavy atom. The molecule has 0 aromatic carbocycles. The topological polar surface area (TPSA) is 240 Å². The molecular weight excluding hydrogens is 815 g/mol. The smallest absolute Gasteiger partial charge is 0.550 e. The Kier molecular flexibility index (Phi) is 52.9. The third-order valence-corrected chi connectivity index (χ3v) is 10.8. The van der Waals surface area contributed by atoms with E-state index in [0.717, 1.165) is 77.0 Å². The first-order valence-electron chi connectivity index (χ1n) is 19.9. The van der Waals surface area contributed by atoms with Crippen LogP contribution in [0.15, 0.2) is 0 Å². The minimum absolute atomic E-state index is 0. The number of carbonyl (C=O) groups is 2. The van der Waals surface area contributed by atoms with Crippen molar-refractivity contribution in [2.45, 2.75) is 193 Å². The fourth-order valence-electron chi connectivity index (χ4n) is 4.70. The Labute approximate surface area is 384 Å². The zero-order chi connectivity index (χ0) is 41.6. The van der Waals surface area contributed by atoms with Crippen LogP contribution in [0.5, 0.6) is 0 Å². The summed E-state index contributed by atoms with van der Waals surface area (Å²) >= 11 is 0. The molecule has 0 radical (unpaired) electrons. The van der Waals surface area contributed by atoms with Crippen molar-refractivity contribution < 1.29 is 125 Å². The second-order valence-electron chi connectivity index (χ2n) is 13.1. The van der Waals surface area contributed by atoms with Gasteiger partial charge in [-0.05, 0) is 25.7 Å². The summed E-state index contributed by atoms with van der Waals surface area (Å²) < 4.78 is 93.6. The maximum Gasteiger partial charge on any atom is 1.00 e. The van der Waals surface area contributed by atoms with E-state index in [0.29, 0.717) is 0 Å². The fraction of sp³-hybridized carbons (Fsp3) is 0.944. The zero-order valence-corrected chi connectivity index (χ0v) is 41.9. The molecule has 0 rings (SSSR count). The van der Waals surface area contributed by atoms with E-state index in [9.17, 15) is 45.1 Å². The fourth-order valence-corrected chi connectivity index (χ4v) is 6.72. The van der Waals surface area contributed by atoms with Gasteiger partial charge in [0.15, 0.2) is 0 Å². The van der Waals surface area contributed by atoms with Gasteiger partial charge in [-0.2, -0.15) is 25.3 Å². The molecule has 56 heavy (non-hydrogen) atoms. The number of aliphatic carboxylic acids is 2. The molecule has 0 aromatic heterocycles. The van der Waals surface area contributed by atoms with Crippen molar-refractivity contribution in [2.75, 3.05) is 26.4 Å². The van der Waals surface area contributed by atoms with Gasteiger partial charge < -0.3 is 19.8 Å². The molecular formula is C36H72Na2O15S3. The minimum Gasteiger partial charge on any atom is -0.550 e. The van der Waals surface area contributed by atoms with Crippen LogP contribution >= 0.6 is 0 Å². The molecule has 0 bridgehead atoms.